The van der Waals surface area contributed by atoms with Crippen molar-refractivity contribution in [3.63, 3.8) is 0 Å². The number of para-hydroxylation sites is 1. The van der Waals surface area contributed by atoms with E-state index in [4.69, 9.17) is 0 Å². The Balaban J connectivity index is 2.46. The molecule has 0 atom stereocenters. The molecular weight excluding hydrogens is 341 g/mol. The van der Waals surface area contributed by atoms with Gasteiger partial charge in [0.2, 0.25) is 0 Å². The first-order chi connectivity index (χ1) is 9.79. The fraction of sp³-hybridized carbons (Fsp3) is 0. The number of phenolic OH excluding ortho intramolecular Hbond substituents is 3. The summed E-state index contributed by atoms with van der Waals surface area (Å²) in [4.78, 5) is 3.90. The van der Waals surface area contributed by atoms with E-state index in [2.05, 4.69) is 4.99 Å². The van der Waals surface area contributed by atoms with Crippen LogP contribution in [0.4, 0.5) is 5.69 Å². The summed E-state index contributed by atoms with van der Waals surface area (Å²) in [7, 11) is 0. The predicted octanol–water partition coefficient (Wildman–Crippen LogP) is 0.115. The van der Waals surface area contributed by atoms with Gasteiger partial charge in [-0.3, -0.25) is 0 Å². The third-order valence-electron chi connectivity index (χ3n) is 2.64. The molecule has 21 heavy (non-hydrogen) atoms. The standard InChI is InChI=1S/C13H12AsNO6/c16-9-5-8(13(18)12(17)6-9)7-15-11-4-2-1-3-10(11)14(19,20)21/h1-7,16-18H,(H2,19,20,21). The van der Waals surface area contributed by atoms with Crippen molar-refractivity contribution in [2.75, 3.05) is 0 Å². The zero-order valence-electron chi connectivity index (χ0n) is 10.6. The summed E-state index contributed by atoms with van der Waals surface area (Å²) in [6, 6.07) is 7.83. The molecule has 0 aliphatic heterocycles. The van der Waals surface area contributed by atoms with Crippen LogP contribution in [0.1, 0.15) is 5.56 Å². The fourth-order valence-electron chi connectivity index (χ4n) is 1.68. The van der Waals surface area contributed by atoms with Crippen LogP contribution in [0.5, 0.6) is 17.2 Å². The van der Waals surface area contributed by atoms with Gasteiger partial charge in [0.1, 0.15) is 0 Å². The van der Waals surface area contributed by atoms with Crippen molar-refractivity contribution < 1.29 is 27.3 Å². The number of hydrogen-bond acceptors (Lipinski definition) is 5. The Hall–Kier alpha value is -2.21. The van der Waals surface area contributed by atoms with E-state index in [0.29, 0.717) is 0 Å². The Bertz CT molecular complexity index is 752. The Labute approximate surface area is 122 Å². The third-order valence-corrected chi connectivity index (χ3v) is 4.75. The molecule has 0 saturated carbocycles. The van der Waals surface area contributed by atoms with Gasteiger partial charge in [0, 0.05) is 0 Å². The molecule has 5 N–H and O–H groups in total. The summed E-state index contributed by atoms with van der Waals surface area (Å²) in [5.41, 5.74) is 0.0625. The fourth-order valence-corrected chi connectivity index (χ4v) is 3.17. The summed E-state index contributed by atoms with van der Waals surface area (Å²) in [5.74, 6) is -1.29. The van der Waals surface area contributed by atoms with Crippen LogP contribution in [0.2, 0.25) is 0 Å². The molecule has 0 fully saturated rings. The number of benzene rings is 2. The molecule has 2 rings (SSSR count). The van der Waals surface area contributed by atoms with E-state index in [9.17, 15) is 27.3 Å². The van der Waals surface area contributed by atoms with E-state index in [1.807, 2.05) is 0 Å². The maximum atomic E-state index is 11.4. The molecule has 0 saturated heterocycles. The number of nitrogens with zero attached hydrogens (tertiary/aromatic N) is 1. The Morgan fingerprint density at radius 1 is 1.05 bits per heavy atom. The zero-order valence-corrected chi connectivity index (χ0v) is 12.5. The SMILES string of the molecule is O=[As](O)(O)c1ccccc1N=Cc1cc(O)cc(O)c1O. The molecule has 0 aromatic heterocycles. The van der Waals surface area contributed by atoms with E-state index >= 15 is 0 Å². The summed E-state index contributed by atoms with van der Waals surface area (Å²) in [5, 5.41) is 28.3. The van der Waals surface area contributed by atoms with Gasteiger partial charge in [-0.25, -0.2) is 0 Å². The van der Waals surface area contributed by atoms with Crippen molar-refractivity contribution in [1.29, 1.82) is 0 Å². The van der Waals surface area contributed by atoms with Crippen LogP contribution in [0.25, 0.3) is 0 Å². The molecule has 8 heteroatoms. The average molecular weight is 353 g/mol. The maximum absolute atomic E-state index is 11.4. The van der Waals surface area contributed by atoms with Gasteiger partial charge >= 0.3 is 122 Å². The number of aromatic hydroxyl groups is 3. The molecular formula is C13H12AsNO6. The molecule has 2 aromatic carbocycles. The first-order valence-electron chi connectivity index (χ1n) is 5.73. The molecule has 0 bridgehead atoms. The van der Waals surface area contributed by atoms with Crippen molar-refractivity contribution in [1.82, 2.24) is 0 Å². The molecule has 0 aliphatic rings. The minimum atomic E-state index is -5.13. The molecule has 7 nitrogen and oxygen atoms in total. The van der Waals surface area contributed by atoms with E-state index in [1.165, 1.54) is 18.2 Å². The van der Waals surface area contributed by atoms with E-state index in [0.717, 1.165) is 18.3 Å². The van der Waals surface area contributed by atoms with Crippen LogP contribution in [-0.4, -0.2) is 43.9 Å². The summed E-state index contributed by atoms with van der Waals surface area (Å²) < 4.78 is 29.8. The molecule has 0 spiro atoms. The van der Waals surface area contributed by atoms with E-state index in [1.54, 1.807) is 6.07 Å². The van der Waals surface area contributed by atoms with Gasteiger partial charge in [0.25, 0.3) is 0 Å². The number of hydrogen-bond donors (Lipinski definition) is 5. The van der Waals surface area contributed by atoms with Gasteiger partial charge in [-0.2, -0.15) is 0 Å². The van der Waals surface area contributed by atoms with Gasteiger partial charge in [-0.15, -0.1) is 0 Å². The molecule has 0 heterocycles. The van der Waals surface area contributed by atoms with Gasteiger partial charge < -0.3 is 0 Å². The monoisotopic (exact) mass is 353 g/mol. The Morgan fingerprint density at radius 3 is 2.38 bits per heavy atom. The Kier molecular flexibility index (Phi) is 4.08. The van der Waals surface area contributed by atoms with Crippen molar-refractivity contribution in [3.8, 4) is 17.2 Å². The number of phenols is 3. The van der Waals surface area contributed by atoms with Gasteiger partial charge in [-0.1, -0.05) is 0 Å². The molecule has 2 aromatic rings. The van der Waals surface area contributed by atoms with Crippen LogP contribution in [0, 0.1) is 0 Å². The average Bonchev–Trinajstić information content (AvgIpc) is 2.40. The second-order valence-corrected chi connectivity index (χ2v) is 7.49. The normalized spacial score (nSPS) is 11.9. The van der Waals surface area contributed by atoms with Crippen LogP contribution < -0.4 is 4.35 Å². The van der Waals surface area contributed by atoms with Crippen molar-refractivity contribution >= 4 is 30.4 Å². The summed E-state index contributed by atoms with van der Waals surface area (Å²) in [6.45, 7) is 0. The van der Waals surface area contributed by atoms with Crippen LogP contribution >= 0.6 is 0 Å². The predicted molar refractivity (Wildman–Crippen MR) is 75.6 cm³/mol. The number of aliphatic imine (C=N–C) groups is 1. The van der Waals surface area contributed by atoms with Crippen molar-refractivity contribution in [2.45, 2.75) is 0 Å². The first-order valence-corrected chi connectivity index (χ1v) is 9.11. The summed E-state index contributed by atoms with van der Waals surface area (Å²) in [6.07, 6.45) is 1.10. The molecule has 0 unspecified atom stereocenters. The topological polar surface area (TPSA) is 131 Å². The quantitative estimate of drug-likeness (QED) is 0.231. The molecule has 0 aliphatic carbocycles. The van der Waals surface area contributed by atoms with Gasteiger partial charge in [0.05, 0.1) is 0 Å². The van der Waals surface area contributed by atoms with E-state index < -0.39 is 25.7 Å². The second-order valence-electron chi connectivity index (χ2n) is 4.19. The van der Waals surface area contributed by atoms with Crippen LogP contribution in [0.15, 0.2) is 41.4 Å². The minimum absolute atomic E-state index is 0.0142. The van der Waals surface area contributed by atoms with Crippen LogP contribution in [0.3, 0.4) is 0 Å². The van der Waals surface area contributed by atoms with Gasteiger partial charge in [-0.05, 0) is 0 Å². The van der Waals surface area contributed by atoms with Gasteiger partial charge in [0.15, 0.2) is 0 Å². The van der Waals surface area contributed by atoms with E-state index in [-0.39, 0.29) is 21.4 Å². The molecule has 0 radical (unpaired) electrons. The zero-order chi connectivity index (χ0) is 15.6. The third kappa shape index (κ3) is 3.46. The van der Waals surface area contributed by atoms with Crippen LogP contribution in [-0.2, 0) is 3.74 Å². The second kappa shape index (κ2) is 5.65. The Morgan fingerprint density at radius 2 is 1.71 bits per heavy atom. The molecule has 0 amide bonds. The first kappa shape index (κ1) is 15.2. The van der Waals surface area contributed by atoms with Crippen molar-refractivity contribution in [2.24, 2.45) is 4.99 Å². The number of rotatable bonds is 3. The van der Waals surface area contributed by atoms with Crippen molar-refractivity contribution in [3.05, 3.63) is 42.0 Å². The molecule has 110 valence electrons. The summed E-state index contributed by atoms with van der Waals surface area (Å²) >= 11 is -5.13.